The Morgan fingerprint density at radius 1 is 1.29 bits per heavy atom. The van der Waals surface area contributed by atoms with Gasteiger partial charge in [0, 0.05) is 44.1 Å². The zero-order chi connectivity index (χ0) is 14.7. The highest BCUT2D eigenvalue weighted by molar-refractivity contribution is 5.95. The van der Waals surface area contributed by atoms with Crippen LogP contribution >= 0.6 is 0 Å². The molecule has 1 atom stereocenters. The molecule has 3 rings (SSSR count). The van der Waals surface area contributed by atoms with Crippen LogP contribution in [0.2, 0.25) is 0 Å². The van der Waals surface area contributed by atoms with Crippen molar-refractivity contribution in [2.24, 2.45) is 0 Å². The Morgan fingerprint density at radius 3 is 2.86 bits per heavy atom. The molecule has 2 saturated heterocycles. The number of hydrogen-bond donors (Lipinski definition) is 2. The van der Waals surface area contributed by atoms with Crippen molar-refractivity contribution >= 4 is 17.3 Å². The van der Waals surface area contributed by atoms with Crippen molar-refractivity contribution in [2.75, 3.05) is 50.0 Å². The molecular formula is C16H24N4O. The lowest BCUT2D eigenvalue weighted by Gasteiger charge is -2.31. The molecule has 1 amide bonds. The highest BCUT2D eigenvalue weighted by Gasteiger charge is 2.25. The maximum Gasteiger partial charge on any atom is 0.243 e. The van der Waals surface area contributed by atoms with Crippen molar-refractivity contribution < 1.29 is 4.79 Å². The molecule has 2 N–H and O–H groups in total. The number of nitrogens with one attached hydrogen (secondary N) is 2. The lowest BCUT2D eigenvalue weighted by molar-refractivity contribution is -0.121. The van der Waals surface area contributed by atoms with Crippen LogP contribution in [0.1, 0.15) is 12.8 Å². The molecule has 0 aliphatic carbocycles. The fourth-order valence-electron chi connectivity index (χ4n) is 3.08. The Labute approximate surface area is 126 Å². The number of anilines is 2. The van der Waals surface area contributed by atoms with E-state index in [2.05, 4.69) is 32.6 Å². The zero-order valence-corrected chi connectivity index (χ0v) is 12.6. The Hall–Kier alpha value is -1.59. The van der Waals surface area contributed by atoms with E-state index in [-0.39, 0.29) is 11.9 Å². The summed E-state index contributed by atoms with van der Waals surface area (Å²) in [6, 6.07) is 8.10. The first-order valence-electron chi connectivity index (χ1n) is 7.81. The first-order valence-corrected chi connectivity index (χ1v) is 7.81. The minimum Gasteiger partial charge on any atom is -0.371 e. The van der Waals surface area contributed by atoms with Crippen LogP contribution in [-0.2, 0) is 4.79 Å². The number of piperazine rings is 1. The van der Waals surface area contributed by atoms with Crippen molar-refractivity contribution in [1.82, 2.24) is 10.2 Å². The first kappa shape index (κ1) is 14.4. The average molecular weight is 288 g/mol. The molecule has 1 aromatic carbocycles. The molecule has 1 aromatic rings. The van der Waals surface area contributed by atoms with Gasteiger partial charge in [0.2, 0.25) is 5.91 Å². The number of hydrogen-bond acceptors (Lipinski definition) is 4. The van der Waals surface area contributed by atoms with Gasteiger partial charge in [-0.1, -0.05) is 6.07 Å². The van der Waals surface area contributed by atoms with Crippen LogP contribution in [0.15, 0.2) is 24.3 Å². The van der Waals surface area contributed by atoms with Crippen molar-refractivity contribution in [2.45, 2.75) is 18.9 Å². The monoisotopic (exact) mass is 288 g/mol. The molecular weight excluding hydrogens is 264 g/mol. The van der Waals surface area contributed by atoms with Crippen molar-refractivity contribution in [3.05, 3.63) is 24.3 Å². The molecule has 2 fully saturated rings. The zero-order valence-electron chi connectivity index (χ0n) is 12.6. The maximum absolute atomic E-state index is 12.4. The van der Waals surface area contributed by atoms with E-state index in [1.165, 1.54) is 18.5 Å². The number of amides is 1. The van der Waals surface area contributed by atoms with Crippen LogP contribution in [0, 0.1) is 0 Å². The SMILES string of the molecule is CN1CCNCC1C(=O)Nc1cccc(N2CCCC2)c1. The largest absolute Gasteiger partial charge is 0.371 e. The predicted octanol–water partition coefficient (Wildman–Crippen LogP) is 1.13. The minimum atomic E-state index is -0.0887. The molecule has 2 heterocycles. The fourth-order valence-corrected chi connectivity index (χ4v) is 3.08. The van der Waals surface area contributed by atoms with Crippen molar-refractivity contribution in [3.8, 4) is 0 Å². The van der Waals surface area contributed by atoms with Crippen LogP contribution in [0.3, 0.4) is 0 Å². The van der Waals surface area contributed by atoms with Crippen molar-refractivity contribution in [1.29, 1.82) is 0 Å². The summed E-state index contributed by atoms with van der Waals surface area (Å²) < 4.78 is 0. The standard InChI is InChI=1S/C16H24N4O/c1-19-10-7-17-12-15(19)16(21)18-13-5-4-6-14(11-13)20-8-2-3-9-20/h4-6,11,15,17H,2-3,7-10,12H2,1H3,(H,18,21). The fraction of sp³-hybridized carbons (Fsp3) is 0.562. The number of benzene rings is 1. The maximum atomic E-state index is 12.4. The lowest BCUT2D eigenvalue weighted by atomic mass is 10.2. The first-order chi connectivity index (χ1) is 10.2. The van der Waals surface area contributed by atoms with Gasteiger partial charge in [0.1, 0.15) is 6.04 Å². The predicted molar refractivity (Wildman–Crippen MR) is 85.8 cm³/mol. The van der Waals surface area contributed by atoms with Crippen LogP contribution in [-0.4, -0.2) is 56.6 Å². The number of carbonyl (C=O) groups is 1. The molecule has 1 unspecified atom stereocenters. The van der Waals surface area contributed by atoms with Gasteiger partial charge in [0.05, 0.1) is 0 Å². The lowest BCUT2D eigenvalue weighted by Crippen LogP contribution is -2.54. The van der Waals surface area contributed by atoms with Gasteiger partial charge in [-0.2, -0.15) is 0 Å². The van der Waals surface area contributed by atoms with Gasteiger partial charge in [-0.15, -0.1) is 0 Å². The molecule has 0 radical (unpaired) electrons. The molecule has 5 heteroatoms. The van der Waals surface area contributed by atoms with Crippen LogP contribution in [0.25, 0.3) is 0 Å². The highest BCUT2D eigenvalue weighted by atomic mass is 16.2. The highest BCUT2D eigenvalue weighted by Crippen LogP contribution is 2.23. The number of carbonyl (C=O) groups excluding carboxylic acids is 1. The van der Waals surface area contributed by atoms with E-state index in [1.54, 1.807) is 0 Å². The number of nitrogens with zero attached hydrogens (tertiary/aromatic N) is 2. The normalized spacial score (nSPS) is 23.3. The molecule has 0 bridgehead atoms. The number of likely N-dealkylation sites (N-methyl/N-ethyl adjacent to an activating group) is 1. The molecule has 2 aliphatic heterocycles. The van der Waals surface area contributed by atoms with E-state index in [9.17, 15) is 4.79 Å². The summed E-state index contributed by atoms with van der Waals surface area (Å²) in [6.07, 6.45) is 2.52. The average Bonchev–Trinajstić information content (AvgIpc) is 3.02. The second kappa shape index (κ2) is 6.45. The van der Waals surface area contributed by atoms with E-state index < -0.39 is 0 Å². The molecule has 0 aromatic heterocycles. The van der Waals surface area contributed by atoms with Crippen LogP contribution < -0.4 is 15.5 Å². The van der Waals surface area contributed by atoms with Gasteiger partial charge in [-0.25, -0.2) is 0 Å². The summed E-state index contributed by atoms with van der Waals surface area (Å²) in [7, 11) is 2.01. The third-order valence-corrected chi connectivity index (χ3v) is 4.40. The third kappa shape index (κ3) is 3.36. The molecule has 5 nitrogen and oxygen atoms in total. The van der Waals surface area contributed by atoms with E-state index in [1.807, 2.05) is 19.2 Å². The summed E-state index contributed by atoms with van der Waals surface area (Å²) in [6.45, 7) is 4.81. The van der Waals surface area contributed by atoms with E-state index >= 15 is 0 Å². The summed E-state index contributed by atoms with van der Waals surface area (Å²) in [5.41, 5.74) is 2.10. The molecule has 2 aliphatic rings. The quantitative estimate of drug-likeness (QED) is 0.875. The molecule has 114 valence electrons. The minimum absolute atomic E-state index is 0.0725. The Balaban J connectivity index is 1.66. The third-order valence-electron chi connectivity index (χ3n) is 4.40. The van der Waals surface area contributed by atoms with E-state index in [0.717, 1.165) is 31.9 Å². The van der Waals surface area contributed by atoms with Crippen molar-refractivity contribution in [3.63, 3.8) is 0 Å². The van der Waals surface area contributed by atoms with E-state index in [4.69, 9.17) is 0 Å². The summed E-state index contributed by atoms with van der Waals surface area (Å²) in [4.78, 5) is 16.9. The Bertz CT molecular complexity index is 499. The van der Waals surface area contributed by atoms with Crippen LogP contribution in [0.4, 0.5) is 11.4 Å². The smallest absolute Gasteiger partial charge is 0.243 e. The summed E-state index contributed by atoms with van der Waals surface area (Å²) >= 11 is 0. The second-order valence-electron chi connectivity index (χ2n) is 5.93. The van der Waals surface area contributed by atoms with Gasteiger partial charge >= 0.3 is 0 Å². The van der Waals surface area contributed by atoms with Gasteiger partial charge in [0.25, 0.3) is 0 Å². The number of rotatable bonds is 3. The van der Waals surface area contributed by atoms with Gasteiger partial charge in [-0.3, -0.25) is 9.69 Å². The van der Waals surface area contributed by atoms with Gasteiger partial charge < -0.3 is 15.5 Å². The molecule has 0 spiro atoms. The van der Waals surface area contributed by atoms with E-state index in [0.29, 0.717) is 6.54 Å². The summed E-state index contributed by atoms with van der Waals surface area (Å²) in [5.74, 6) is 0.0725. The second-order valence-corrected chi connectivity index (χ2v) is 5.93. The van der Waals surface area contributed by atoms with Gasteiger partial charge in [0.15, 0.2) is 0 Å². The summed E-state index contributed by atoms with van der Waals surface area (Å²) in [5, 5.41) is 6.34. The topological polar surface area (TPSA) is 47.6 Å². The van der Waals surface area contributed by atoms with Gasteiger partial charge in [-0.05, 0) is 38.1 Å². The molecule has 0 saturated carbocycles. The Kier molecular flexibility index (Phi) is 4.41. The Morgan fingerprint density at radius 2 is 2.10 bits per heavy atom. The van der Waals surface area contributed by atoms with Crippen LogP contribution in [0.5, 0.6) is 0 Å². The molecule has 21 heavy (non-hydrogen) atoms.